The molecular formula is C17H18FN3. The van der Waals surface area contributed by atoms with E-state index in [0.29, 0.717) is 19.0 Å². The summed E-state index contributed by atoms with van der Waals surface area (Å²) in [5.41, 5.74) is 9.23. The molecule has 0 bridgehead atoms. The lowest BCUT2D eigenvalue weighted by molar-refractivity contribution is 0.339. The van der Waals surface area contributed by atoms with Crippen molar-refractivity contribution in [2.24, 2.45) is 10.7 Å². The molecule has 1 aliphatic rings. The van der Waals surface area contributed by atoms with Gasteiger partial charge in [0.25, 0.3) is 0 Å². The lowest BCUT2D eigenvalue weighted by atomic mass is 10.00. The van der Waals surface area contributed by atoms with Crippen LogP contribution in [0, 0.1) is 12.7 Å². The molecule has 108 valence electrons. The van der Waals surface area contributed by atoms with E-state index in [0.717, 1.165) is 11.1 Å². The first kappa shape index (κ1) is 13.6. The first-order valence-corrected chi connectivity index (χ1v) is 7.01. The molecule has 3 nitrogen and oxygen atoms in total. The summed E-state index contributed by atoms with van der Waals surface area (Å²) in [6, 6.07) is 15.1. The van der Waals surface area contributed by atoms with Gasteiger partial charge in [-0.2, -0.15) is 0 Å². The molecule has 0 radical (unpaired) electrons. The molecule has 21 heavy (non-hydrogen) atoms. The van der Waals surface area contributed by atoms with E-state index in [1.807, 2.05) is 31.2 Å². The fourth-order valence-corrected chi connectivity index (χ4v) is 2.78. The van der Waals surface area contributed by atoms with Gasteiger partial charge >= 0.3 is 0 Å². The molecule has 0 amide bonds. The number of aliphatic imine (C=N–C) groups is 1. The molecule has 1 unspecified atom stereocenters. The van der Waals surface area contributed by atoms with Crippen molar-refractivity contribution in [2.45, 2.75) is 19.5 Å². The molecule has 0 saturated heterocycles. The average molecular weight is 283 g/mol. The Morgan fingerprint density at radius 2 is 2.00 bits per heavy atom. The number of guanidine groups is 1. The second-order valence-electron chi connectivity index (χ2n) is 5.33. The molecule has 0 saturated carbocycles. The number of aryl methyl sites for hydroxylation is 1. The Balaban J connectivity index is 1.88. The predicted octanol–water partition coefficient (Wildman–Crippen LogP) is 3.01. The minimum atomic E-state index is -0.210. The zero-order valence-electron chi connectivity index (χ0n) is 12.0. The monoisotopic (exact) mass is 283 g/mol. The number of nitrogens with two attached hydrogens (primary N) is 1. The summed E-state index contributed by atoms with van der Waals surface area (Å²) in [4.78, 5) is 6.44. The number of nitrogens with zero attached hydrogens (tertiary/aromatic N) is 2. The van der Waals surface area contributed by atoms with Crippen LogP contribution in [0.25, 0.3) is 0 Å². The van der Waals surface area contributed by atoms with E-state index in [9.17, 15) is 4.39 Å². The van der Waals surface area contributed by atoms with Gasteiger partial charge < -0.3 is 10.6 Å². The Bertz CT molecular complexity index is 667. The van der Waals surface area contributed by atoms with E-state index in [1.165, 1.54) is 11.6 Å². The summed E-state index contributed by atoms with van der Waals surface area (Å²) < 4.78 is 13.3. The summed E-state index contributed by atoms with van der Waals surface area (Å²) in [6.45, 7) is 3.25. The molecule has 4 heteroatoms. The van der Waals surface area contributed by atoms with Crippen LogP contribution >= 0.6 is 0 Å². The van der Waals surface area contributed by atoms with Crippen LogP contribution in [0.2, 0.25) is 0 Å². The molecule has 0 spiro atoms. The van der Waals surface area contributed by atoms with E-state index >= 15 is 0 Å². The largest absolute Gasteiger partial charge is 0.370 e. The zero-order chi connectivity index (χ0) is 14.8. The highest BCUT2D eigenvalue weighted by molar-refractivity contribution is 5.80. The number of halogens is 1. The number of hydrogen-bond acceptors (Lipinski definition) is 3. The van der Waals surface area contributed by atoms with E-state index in [2.05, 4.69) is 22.0 Å². The Labute approximate surface area is 123 Å². The second kappa shape index (κ2) is 5.56. The van der Waals surface area contributed by atoms with Crippen molar-refractivity contribution in [3.05, 3.63) is 71.0 Å². The van der Waals surface area contributed by atoms with Crippen LogP contribution < -0.4 is 5.73 Å². The fourth-order valence-electron chi connectivity index (χ4n) is 2.78. The van der Waals surface area contributed by atoms with Crippen LogP contribution in [0.15, 0.2) is 53.5 Å². The minimum Gasteiger partial charge on any atom is -0.370 e. The highest BCUT2D eigenvalue weighted by Gasteiger charge is 2.28. The van der Waals surface area contributed by atoms with Gasteiger partial charge in [0.1, 0.15) is 5.82 Å². The summed E-state index contributed by atoms with van der Waals surface area (Å²) in [5.74, 6) is 0.338. The SMILES string of the molecule is Cc1cc(F)ccc1C1CN=C(N)N1Cc1ccccc1. The first-order valence-electron chi connectivity index (χ1n) is 7.01. The van der Waals surface area contributed by atoms with Gasteiger partial charge in [0.15, 0.2) is 5.96 Å². The quantitative estimate of drug-likeness (QED) is 0.941. The lowest BCUT2D eigenvalue weighted by Gasteiger charge is -2.27. The average Bonchev–Trinajstić information content (AvgIpc) is 2.82. The summed E-state index contributed by atoms with van der Waals surface area (Å²) in [5, 5.41) is 0. The molecule has 2 aromatic carbocycles. The molecule has 0 aromatic heterocycles. The van der Waals surface area contributed by atoms with Gasteiger partial charge in [0.2, 0.25) is 0 Å². The fraction of sp³-hybridized carbons (Fsp3) is 0.235. The van der Waals surface area contributed by atoms with Crippen molar-refractivity contribution < 1.29 is 4.39 Å². The third kappa shape index (κ3) is 2.75. The van der Waals surface area contributed by atoms with Crippen LogP contribution in [0.1, 0.15) is 22.7 Å². The number of benzene rings is 2. The topological polar surface area (TPSA) is 41.6 Å². The van der Waals surface area contributed by atoms with Gasteiger partial charge in [-0.25, -0.2) is 4.39 Å². The van der Waals surface area contributed by atoms with E-state index in [4.69, 9.17) is 5.73 Å². The maximum atomic E-state index is 13.3. The van der Waals surface area contributed by atoms with Crippen molar-refractivity contribution in [3.8, 4) is 0 Å². The molecule has 2 N–H and O–H groups in total. The number of hydrogen-bond donors (Lipinski definition) is 1. The van der Waals surface area contributed by atoms with Crippen LogP contribution in [-0.2, 0) is 6.54 Å². The molecule has 1 heterocycles. The Hall–Kier alpha value is -2.36. The molecule has 1 atom stereocenters. The van der Waals surface area contributed by atoms with Crippen molar-refractivity contribution in [1.29, 1.82) is 0 Å². The number of rotatable bonds is 3. The van der Waals surface area contributed by atoms with Gasteiger partial charge in [-0.1, -0.05) is 36.4 Å². The third-order valence-electron chi connectivity index (χ3n) is 3.88. The van der Waals surface area contributed by atoms with Gasteiger partial charge in [0, 0.05) is 6.54 Å². The highest BCUT2D eigenvalue weighted by Crippen LogP contribution is 2.29. The minimum absolute atomic E-state index is 0.0748. The summed E-state index contributed by atoms with van der Waals surface area (Å²) >= 11 is 0. The van der Waals surface area contributed by atoms with Crippen molar-refractivity contribution in [3.63, 3.8) is 0 Å². The molecule has 1 aliphatic heterocycles. The first-order chi connectivity index (χ1) is 10.1. The normalized spacial score (nSPS) is 17.9. The smallest absolute Gasteiger partial charge is 0.192 e. The summed E-state index contributed by atoms with van der Waals surface area (Å²) in [7, 11) is 0. The third-order valence-corrected chi connectivity index (χ3v) is 3.88. The van der Waals surface area contributed by atoms with E-state index < -0.39 is 0 Å². The molecule has 3 rings (SSSR count). The standard InChI is InChI=1S/C17H18FN3/c1-12-9-14(18)7-8-15(12)16-10-20-17(19)21(16)11-13-5-3-2-4-6-13/h2-9,16H,10-11H2,1H3,(H2,19,20). The summed E-state index contributed by atoms with van der Waals surface area (Å²) in [6.07, 6.45) is 0. The Morgan fingerprint density at radius 1 is 1.24 bits per heavy atom. The van der Waals surface area contributed by atoms with Gasteiger partial charge in [-0.3, -0.25) is 4.99 Å². The lowest BCUT2D eigenvalue weighted by Crippen LogP contribution is -2.35. The van der Waals surface area contributed by atoms with Crippen molar-refractivity contribution in [1.82, 2.24) is 4.90 Å². The predicted molar refractivity (Wildman–Crippen MR) is 82.4 cm³/mol. The van der Waals surface area contributed by atoms with Crippen LogP contribution in [0.4, 0.5) is 4.39 Å². The molecule has 0 fully saturated rings. The van der Waals surface area contributed by atoms with Crippen LogP contribution in [0.3, 0.4) is 0 Å². The molecule has 2 aromatic rings. The van der Waals surface area contributed by atoms with Crippen molar-refractivity contribution in [2.75, 3.05) is 6.54 Å². The molecular weight excluding hydrogens is 265 g/mol. The highest BCUT2D eigenvalue weighted by atomic mass is 19.1. The van der Waals surface area contributed by atoms with Gasteiger partial charge in [-0.15, -0.1) is 0 Å². The maximum absolute atomic E-state index is 13.3. The van der Waals surface area contributed by atoms with Crippen LogP contribution in [-0.4, -0.2) is 17.4 Å². The van der Waals surface area contributed by atoms with Crippen molar-refractivity contribution >= 4 is 5.96 Å². The van der Waals surface area contributed by atoms with E-state index in [1.54, 1.807) is 6.07 Å². The van der Waals surface area contributed by atoms with E-state index in [-0.39, 0.29) is 11.9 Å². The van der Waals surface area contributed by atoms with Crippen LogP contribution in [0.5, 0.6) is 0 Å². The Morgan fingerprint density at radius 3 is 2.71 bits per heavy atom. The maximum Gasteiger partial charge on any atom is 0.192 e. The van der Waals surface area contributed by atoms with Gasteiger partial charge in [0.05, 0.1) is 12.6 Å². The molecule has 0 aliphatic carbocycles. The Kier molecular flexibility index (Phi) is 3.60. The zero-order valence-corrected chi connectivity index (χ0v) is 12.0. The van der Waals surface area contributed by atoms with Gasteiger partial charge in [-0.05, 0) is 35.7 Å². The second-order valence-corrected chi connectivity index (χ2v) is 5.33.